The standard InChI is InChI=1S/C19H21N3O.ClH/c1-12-7-5-8-13(2)17(12)21-11-16(23)22(19(21)20)18-14(3)9-6-10-15(18)4;/h5-10,20H,11H2,1-4H3;1H. The summed E-state index contributed by atoms with van der Waals surface area (Å²) in [7, 11) is 0. The van der Waals surface area contributed by atoms with Gasteiger partial charge in [-0.25, -0.2) is 4.90 Å². The molecule has 0 unspecified atom stereocenters. The molecule has 0 spiro atoms. The molecule has 0 aliphatic carbocycles. The highest BCUT2D eigenvalue weighted by Gasteiger charge is 2.37. The van der Waals surface area contributed by atoms with Gasteiger partial charge in [-0.1, -0.05) is 36.4 Å². The van der Waals surface area contributed by atoms with Crippen molar-refractivity contribution in [3.8, 4) is 0 Å². The first-order chi connectivity index (χ1) is 10.9. The molecule has 0 atom stereocenters. The second-order valence-electron chi connectivity index (χ2n) is 6.12. The number of guanidine groups is 1. The van der Waals surface area contributed by atoms with Crippen molar-refractivity contribution in [2.45, 2.75) is 27.7 Å². The van der Waals surface area contributed by atoms with Crippen molar-refractivity contribution in [1.29, 1.82) is 5.41 Å². The van der Waals surface area contributed by atoms with Crippen LogP contribution in [0.15, 0.2) is 36.4 Å². The minimum Gasteiger partial charge on any atom is -0.302 e. The summed E-state index contributed by atoms with van der Waals surface area (Å²) >= 11 is 0. The van der Waals surface area contributed by atoms with Gasteiger partial charge in [-0.2, -0.15) is 0 Å². The molecule has 0 bridgehead atoms. The normalized spacial score (nSPS) is 14.2. The predicted molar refractivity (Wildman–Crippen MR) is 102 cm³/mol. The summed E-state index contributed by atoms with van der Waals surface area (Å²) < 4.78 is 0. The van der Waals surface area contributed by atoms with Gasteiger partial charge in [0, 0.05) is 0 Å². The van der Waals surface area contributed by atoms with Crippen LogP contribution in [0.4, 0.5) is 11.4 Å². The van der Waals surface area contributed by atoms with Gasteiger partial charge in [-0.15, -0.1) is 12.4 Å². The molecule has 1 fully saturated rings. The van der Waals surface area contributed by atoms with Gasteiger partial charge < -0.3 is 4.90 Å². The van der Waals surface area contributed by atoms with E-state index in [0.29, 0.717) is 0 Å². The summed E-state index contributed by atoms with van der Waals surface area (Å²) in [5.74, 6) is 0.167. The highest BCUT2D eigenvalue weighted by Crippen LogP contribution is 2.33. The van der Waals surface area contributed by atoms with Gasteiger partial charge in [0.05, 0.1) is 11.4 Å². The van der Waals surface area contributed by atoms with E-state index in [4.69, 9.17) is 5.41 Å². The van der Waals surface area contributed by atoms with E-state index in [1.807, 2.05) is 64.1 Å². The molecule has 2 aromatic rings. The van der Waals surface area contributed by atoms with E-state index < -0.39 is 0 Å². The lowest BCUT2D eigenvalue weighted by Crippen LogP contribution is -2.35. The number of anilines is 2. The number of aryl methyl sites for hydroxylation is 4. The van der Waals surface area contributed by atoms with Gasteiger partial charge >= 0.3 is 0 Å². The number of nitrogens with one attached hydrogen (secondary N) is 1. The summed E-state index contributed by atoms with van der Waals surface area (Å²) in [5.41, 5.74) is 5.95. The lowest BCUT2D eigenvalue weighted by molar-refractivity contribution is -0.115. The van der Waals surface area contributed by atoms with Crippen LogP contribution in [0.2, 0.25) is 0 Å². The third kappa shape index (κ3) is 2.78. The van der Waals surface area contributed by atoms with Crippen molar-refractivity contribution in [2.75, 3.05) is 16.3 Å². The highest BCUT2D eigenvalue weighted by atomic mass is 35.5. The van der Waals surface area contributed by atoms with Gasteiger partial charge in [-0.3, -0.25) is 10.2 Å². The molecule has 3 rings (SSSR count). The third-order valence-electron chi connectivity index (χ3n) is 4.38. The van der Waals surface area contributed by atoms with Crippen LogP contribution >= 0.6 is 12.4 Å². The molecule has 1 amide bonds. The zero-order chi connectivity index (χ0) is 16.7. The fraction of sp³-hybridized carbons (Fsp3) is 0.263. The quantitative estimate of drug-likeness (QED) is 0.891. The average Bonchev–Trinajstić information content (AvgIpc) is 2.75. The lowest BCUT2D eigenvalue weighted by Gasteiger charge is -2.25. The summed E-state index contributed by atoms with van der Waals surface area (Å²) in [5, 5.41) is 8.59. The molecule has 126 valence electrons. The second kappa shape index (κ2) is 6.65. The first-order valence-corrected chi connectivity index (χ1v) is 7.73. The third-order valence-corrected chi connectivity index (χ3v) is 4.38. The minimum absolute atomic E-state index is 0. The Hall–Kier alpha value is -2.33. The minimum atomic E-state index is -0.0601. The van der Waals surface area contributed by atoms with E-state index in [0.717, 1.165) is 33.6 Å². The number of amides is 1. The van der Waals surface area contributed by atoms with Crippen LogP contribution < -0.4 is 9.80 Å². The Morgan fingerprint density at radius 3 is 1.71 bits per heavy atom. The Morgan fingerprint density at radius 1 is 0.833 bits per heavy atom. The van der Waals surface area contributed by atoms with Crippen LogP contribution in [0.5, 0.6) is 0 Å². The van der Waals surface area contributed by atoms with Crippen molar-refractivity contribution >= 4 is 35.6 Å². The maximum atomic E-state index is 12.6. The molecule has 4 nitrogen and oxygen atoms in total. The van der Waals surface area contributed by atoms with Crippen molar-refractivity contribution in [2.24, 2.45) is 0 Å². The molecule has 1 N–H and O–H groups in total. The van der Waals surface area contributed by atoms with Gasteiger partial charge in [0.2, 0.25) is 5.96 Å². The molecule has 1 aliphatic rings. The van der Waals surface area contributed by atoms with Gasteiger partial charge in [0.25, 0.3) is 5.91 Å². The van der Waals surface area contributed by atoms with Crippen LogP contribution in [0.25, 0.3) is 0 Å². The van der Waals surface area contributed by atoms with Crippen molar-refractivity contribution in [1.82, 2.24) is 0 Å². The first-order valence-electron chi connectivity index (χ1n) is 7.73. The van der Waals surface area contributed by atoms with Crippen molar-refractivity contribution < 1.29 is 4.79 Å². The van der Waals surface area contributed by atoms with Crippen LogP contribution in [-0.2, 0) is 4.79 Å². The summed E-state index contributed by atoms with van der Waals surface area (Å²) in [4.78, 5) is 16.0. The predicted octanol–water partition coefficient (Wildman–Crippen LogP) is 4.13. The Balaban J connectivity index is 0.00000208. The average molecular weight is 344 g/mol. The number of halogens is 1. The molecule has 5 heteroatoms. The van der Waals surface area contributed by atoms with Gasteiger partial charge in [-0.05, 0) is 49.9 Å². The molecule has 1 heterocycles. The summed E-state index contributed by atoms with van der Waals surface area (Å²) in [6.07, 6.45) is 0. The molecular formula is C19H22ClN3O. The number of hydrogen-bond donors (Lipinski definition) is 1. The van der Waals surface area contributed by atoms with Crippen LogP contribution in [-0.4, -0.2) is 18.4 Å². The smallest absolute Gasteiger partial charge is 0.253 e. The van der Waals surface area contributed by atoms with Gasteiger partial charge in [0.1, 0.15) is 6.54 Å². The molecule has 0 radical (unpaired) electrons. The Morgan fingerprint density at radius 2 is 1.25 bits per heavy atom. The van der Waals surface area contributed by atoms with Crippen molar-refractivity contribution in [3.63, 3.8) is 0 Å². The Labute approximate surface area is 149 Å². The topological polar surface area (TPSA) is 47.4 Å². The first kappa shape index (κ1) is 18.0. The molecular weight excluding hydrogens is 322 g/mol. The molecule has 0 saturated carbocycles. The monoisotopic (exact) mass is 343 g/mol. The summed E-state index contributed by atoms with van der Waals surface area (Å²) in [6.45, 7) is 8.19. The fourth-order valence-electron chi connectivity index (χ4n) is 3.33. The summed E-state index contributed by atoms with van der Waals surface area (Å²) in [6, 6.07) is 12.0. The van der Waals surface area contributed by atoms with Crippen LogP contribution in [0.1, 0.15) is 22.3 Å². The molecule has 0 aromatic heterocycles. The zero-order valence-corrected chi connectivity index (χ0v) is 15.2. The number of carbonyl (C=O) groups excluding carboxylic acids is 1. The fourth-order valence-corrected chi connectivity index (χ4v) is 3.33. The number of benzene rings is 2. The molecule has 1 aliphatic heterocycles. The van der Waals surface area contributed by atoms with E-state index >= 15 is 0 Å². The highest BCUT2D eigenvalue weighted by molar-refractivity contribution is 6.28. The van der Waals surface area contributed by atoms with Gasteiger partial charge in [0.15, 0.2) is 0 Å². The SMILES string of the molecule is Cc1cccc(C)c1N1CC(=O)N(c2c(C)cccc2C)C1=N.Cl. The zero-order valence-electron chi connectivity index (χ0n) is 14.4. The molecule has 2 aromatic carbocycles. The number of nitrogens with zero attached hydrogens (tertiary/aromatic N) is 2. The number of para-hydroxylation sites is 2. The Kier molecular flexibility index (Phi) is 4.99. The molecule has 1 saturated heterocycles. The van der Waals surface area contributed by atoms with E-state index in [1.165, 1.54) is 4.90 Å². The number of rotatable bonds is 2. The maximum Gasteiger partial charge on any atom is 0.253 e. The van der Waals surface area contributed by atoms with Crippen molar-refractivity contribution in [3.05, 3.63) is 58.7 Å². The van der Waals surface area contributed by atoms with Crippen LogP contribution in [0.3, 0.4) is 0 Å². The van der Waals surface area contributed by atoms with Crippen LogP contribution in [0, 0.1) is 33.1 Å². The maximum absolute atomic E-state index is 12.6. The Bertz CT molecular complexity index is 776. The van der Waals surface area contributed by atoms with E-state index in [2.05, 4.69) is 0 Å². The van der Waals surface area contributed by atoms with E-state index in [1.54, 1.807) is 4.90 Å². The van der Waals surface area contributed by atoms with E-state index in [9.17, 15) is 4.79 Å². The van der Waals surface area contributed by atoms with E-state index in [-0.39, 0.29) is 30.8 Å². The largest absolute Gasteiger partial charge is 0.302 e. The number of hydrogen-bond acceptors (Lipinski definition) is 2. The second-order valence-corrected chi connectivity index (χ2v) is 6.12. The lowest BCUT2D eigenvalue weighted by atomic mass is 10.1. The number of carbonyl (C=O) groups is 1. The molecule has 24 heavy (non-hydrogen) atoms.